The standard InChI is InChI=1S/C16H19N3O4/c1-10(2)14(16(22)23-3)18-13(20)9-19-15(21)12-7-5-4-6-11(12)8-17-19/h4-8,10,14H,9H2,1-3H3,(H,18,20)/t14-/m0/s1. The van der Waals surface area contributed by atoms with Gasteiger partial charge in [-0.3, -0.25) is 9.59 Å². The minimum Gasteiger partial charge on any atom is -0.467 e. The molecule has 0 aliphatic carbocycles. The Hall–Kier alpha value is -2.70. The number of nitrogens with zero attached hydrogens (tertiary/aromatic N) is 2. The van der Waals surface area contributed by atoms with Crippen molar-refractivity contribution in [1.29, 1.82) is 0 Å². The molecule has 0 spiro atoms. The maximum atomic E-state index is 12.3. The molecule has 0 aliphatic heterocycles. The molecule has 7 nitrogen and oxygen atoms in total. The number of nitrogens with one attached hydrogen (secondary N) is 1. The molecule has 1 atom stereocenters. The number of ether oxygens (including phenoxy) is 1. The van der Waals surface area contributed by atoms with E-state index in [9.17, 15) is 14.4 Å². The smallest absolute Gasteiger partial charge is 0.328 e. The number of fused-ring (bicyclic) bond motifs is 1. The summed E-state index contributed by atoms with van der Waals surface area (Å²) in [5.41, 5.74) is -0.350. The molecule has 0 fully saturated rings. The van der Waals surface area contributed by atoms with Crippen LogP contribution in [0.2, 0.25) is 0 Å². The zero-order valence-electron chi connectivity index (χ0n) is 13.3. The molecule has 1 N–H and O–H groups in total. The van der Waals surface area contributed by atoms with Gasteiger partial charge >= 0.3 is 5.97 Å². The van der Waals surface area contributed by atoms with Crippen molar-refractivity contribution in [2.45, 2.75) is 26.4 Å². The minimum atomic E-state index is -0.761. The molecule has 122 valence electrons. The molecule has 2 rings (SSSR count). The number of hydrogen-bond acceptors (Lipinski definition) is 5. The van der Waals surface area contributed by atoms with Crippen LogP contribution in [0, 0.1) is 5.92 Å². The van der Waals surface area contributed by atoms with Crippen molar-refractivity contribution in [2.75, 3.05) is 7.11 Å². The Morgan fingerprint density at radius 3 is 2.65 bits per heavy atom. The first-order valence-corrected chi connectivity index (χ1v) is 7.26. The van der Waals surface area contributed by atoms with E-state index in [1.165, 1.54) is 13.3 Å². The zero-order valence-corrected chi connectivity index (χ0v) is 13.3. The highest BCUT2D eigenvalue weighted by Gasteiger charge is 2.25. The van der Waals surface area contributed by atoms with E-state index in [1.54, 1.807) is 32.0 Å². The van der Waals surface area contributed by atoms with Gasteiger partial charge in [-0.05, 0) is 12.0 Å². The van der Waals surface area contributed by atoms with E-state index in [0.717, 1.165) is 4.68 Å². The maximum absolute atomic E-state index is 12.3. The van der Waals surface area contributed by atoms with E-state index in [2.05, 4.69) is 15.2 Å². The van der Waals surface area contributed by atoms with E-state index >= 15 is 0 Å². The number of aromatic nitrogens is 2. The molecule has 7 heteroatoms. The third kappa shape index (κ3) is 3.74. The van der Waals surface area contributed by atoms with Crippen LogP contribution in [-0.4, -0.2) is 34.8 Å². The fourth-order valence-corrected chi connectivity index (χ4v) is 2.22. The number of methoxy groups -OCH3 is 1. The first kappa shape index (κ1) is 16.7. The largest absolute Gasteiger partial charge is 0.467 e. The molecule has 0 bridgehead atoms. The van der Waals surface area contributed by atoms with Crippen LogP contribution in [0.5, 0.6) is 0 Å². The van der Waals surface area contributed by atoms with E-state index < -0.39 is 17.9 Å². The Morgan fingerprint density at radius 1 is 1.30 bits per heavy atom. The number of carbonyl (C=O) groups excluding carboxylic acids is 2. The predicted octanol–water partition coefficient (Wildman–Crippen LogP) is 0.710. The first-order valence-electron chi connectivity index (χ1n) is 7.26. The van der Waals surface area contributed by atoms with Crippen LogP contribution >= 0.6 is 0 Å². The van der Waals surface area contributed by atoms with Gasteiger partial charge in [0.2, 0.25) is 5.91 Å². The molecule has 0 saturated heterocycles. The van der Waals surface area contributed by atoms with Gasteiger partial charge in [-0.15, -0.1) is 0 Å². The van der Waals surface area contributed by atoms with Crippen LogP contribution in [-0.2, 0) is 20.9 Å². The molecule has 2 aromatic rings. The second-order valence-corrected chi connectivity index (χ2v) is 5.51. The molecule has 1 amide bonds. The molecule has 1 aromatic carbocycles. The molecular weight excluding hydrogens is 298 g/mol. The van der Waals surface area contributed by atoms with Crippen molar-refractivity contribution in [2.24, 2.45) is 5.92 Å². The maximum Gasteiger partial charge on any atom is 0.328 e. The van der Waals surface area contributed by atoms with Crippen LogP contribution in [0.1, 0.15) is 13.8 Å². The molecule has 0 unspecified atom stereocenters. The van der Waals surface area contributed by atoms with Crippen molar-refractivity contribution in [3.8, 4) is 0 Å². The molecule has 0 aliphatic rings. The summed E-state index contributed by atoms with van der Waals surface area (Å²) in [6.07, 6.45) is 1.53. The highest BCUT2D eigenvalue weighted by atomic mass is 16.5. The lowest BCUT2D eigenvalue weighted by Crippen LogP contribution is -2.47. The summed E-state index contributed by atoms with van der Waals surface area (Å²) in [4.78, 5) is 36.1. The average molecular weight is 317 g/mol. The monoisotopic (exact) mass is 317 g/mol. The Labute approximate surface area is 133 Å². The predicted molar refractivity (Wildman–Crippen MR) is 84.8 cm³/mol. The topological polar surface area (TPSA) is 90.3 Å². The summed E-state index contributed by atoms with van der Waals surface area (Å²) < 4.78 is 5.74. The number of benzene rings is 1. The van der Waals surface area contributed by atoms with Gasteiger partial charge in [0.1, 0.15) is 12.6 Å². The van der Waals surface area contributed by atoms with Crippen molar-refractivity contribution in [3.63, 3.8) is 0 Å². The van der Waals surface area contributed by atoms with Gasteiger partial charge < -0.3 is 10.1 Å². The van der Waals surface area contributed by atoms with Crippen molar-refractivity contribution < 1.29 is 14.3 Å². The number of hydrogen-bond donors (Lipinski definition) is 1. The average Bonchev–Trinajstić information content (AvgIpc) is 2.54. The quantitative estimate of drug-likeness (QED) is 0.820. The Balaban J connectivity index is 2.19. The lowest BCUT2D eigenvalue weighted by Gasteiger charge is -2.19. The minimum absolute atomic E-state index is 0.132. The molecular formula is C16H19N3O4. The molecule has 1 aromatic heterocycles. The van der Waals surface area contributed by atoms with Crippen LogP contribution in [0.15, 0.2) is 35.3 Å². The van der Waals surface area contributed by atoms with E-state index in [0.29, 0.717) is 10.8 Å². The summed E-state index contributed by atoms with van der Waals surface area (Å²) in [5.74, 6) is -1.13. The Morgan fingerprint density at radius 2 is 2.00 bits per heavy atom. The summed E-state index contributed by atoms with van der Waals surface area (Å²) in [7, 11) is 1.26. The lowest BCUT2D eigenvalue weighted by atomic mass is 10.0. The van der Waals surface area contributed by atoms with Crippen molar-refractivity contribution in [1.82, 2.24) is 15.1 Å². The normalized spacial score (nSPS) is 12.2. The fourth-order valence-electron chi connectivity index (χ4n) is 2.22. The SMILES string of the molecule is COC(=O)[C@@H](NC(=O)Cn1ncc2ccccc2c1=O)C(C)C. The van der Waals surface area contributed by atoms with Crippen molar-refractivity contribution >= 4 is 22.6 Å². The number of carbonyl (C=O) groups is 2. The molecule has 23 heavy (non-hydrogen) atoms. The second kappa shape index (κ2) is 7.04. The first-order chi connectivity index (χ1) is 10.9. The summed E-state index contributed by atoms with van der Waals surface area (Å²) in [6, 6.07) is 6.26. The van der Waals surface area contributed by atoms with E-state index in [-0.39, 0.29) is 18.0 Å². The second-order valence-electron chi connectivity index (χ2n) is 5.51. The molecule has 0 saturated carbocycles. The van der Waals surface area contributed by atoms with Gasteiger partial charge in [0.25, 0.3) is 5.56 Å². The van der Waals surface area contributed by atoms with Crippen LogP contribution in [0.4, 0.5) is 0 Å². The van der Waals surface area contributed by atoms with E-state index in [1.807, 2.05) is 6.07 Å². The third-order valence-electron chi connectivity index (χ3n) is 3.49. The van der Waals surface area contributed by atoms with Crippen molar-refractivity contribution in [3.05, 3.63) is 40.8 Å². The number of esters is 1. The highest BCUT2D eigenvalue weighted by molar-refractivity contribution is 5.85. The Kier molecular flexibility index (Phi) is 5.10. The van der Waals surface area contributed by atoms with Gasteiger partial charge in [-0.2, -0.15) is 5.10 Å². The molecule has 1 heterocycles. The van der Waals surface area contributed by atoms with Crippen LogP contribution < -0.4 is 10.9 Å². The summed E-state index contributed by atoms with van der Waals surface area (Å²) in [5, 5.41) is 7.77. The molecule has 0 radical (unpaired) electrons. The van der Waals surface area contributed by atoms with Gasteiger partial charge in [-0.1, -0.05) is 32.0 Å². The van der Waals surface area contributed by atoms with Gasteiger partial charge in [0, 0.05) is 5.39 Å². The van der Waals surface area contributed by atoms with Gasteiger partial charge in [0.15, 0.2) is 0 Å². The zero-order chi connectivity index (χ0) is 17.0. The third-order valence-corrected chi connectivity index (χ3v) is 3.49. The van der Waals surface area contributed by atoms with Gasteiger partial charge in [-0.25, -0.2) is 9.48 Å². The summed E-state index contributed by atoms with van der Waals surface area (Å²) in [6.45, 7) is 3.33. The lowest BCUT2D eigenvalue weighted by molar-refractivity contribution is -0.146. The van der Waals surface area contributed by atoms with E-state index in [4.69, 9.17) is 0 Å². The number of rotatable bonds is 5. The fraction of sp³-hybridized carbons (Fsp3) is 0.375. The van der Waals surface area contributed by atoms with Gasteiger partial charge in [0.05, 0.1) is 18.7 Å². The van der Waals surface area contributed by atoms with Crippen LogP contribution in [0.25, 0.3) is 10.8 Å². The number of amides is 1. The highest BCUT2D eigenvalue weighted by Crippen LogP contribution is 2.07. The Bertz CT molecular complexity index is 782. The van der Waals surface area contributed by atoms with Crippen LogP contribution in [0.3, 0.4) is 0 Å². The summed E-state index contributed by atoms with van der Waals surface area (Å²) >= 11 is 0.